The Balaban J connectivity index is 1.86. The molecule has 0 fully saturated rings. The second-order valence-electron chi connectivity index (χ2n) is 3.92. The molecule has 0 spiro atoms. The lowest BCUT2D eigenvalue weighted by Crippen LogP contribution is -2.20. The van der Waals surface area contributed by atoms with E-state index in [1.807, 2.05) is 30.3 Å². The summed E-state index contributed by atoms with van der Waals surface area (Å²) in [5.41, 5.74) is 1.76. The summed E-state index contributed by atoms with van der Waals surface area (Å²) in [6.45, 7) is 0.421. The quantitative estimate of drug-likeness (QED) is 0.869. The third kappa shape index (κ3) is 4.56. The SMILES string of the molecule is O=C(C=Cc1ccc(Cl)cc1)NCc1ccccn1. The zero-order chi connectivity index (χ0) is 13.5. The molecule has 1 aromatic heterocycles. The van der Waals surface area contributed by atoms with Crippen molar-refractivity contribution in [2.24, 2.45) is 0 Å². The standard InChI is InChI=1S/C15H13ClN2O/c16-13-7-4-12(5-8-13)6-9-15(19)18-11-14-3-1-2-10-17-14/h1-10H,11H2,(H,18,19). The third-order valence-corrected chi connectivity index (χ3v) is 2.72. The Morgan fingerprint density at radius 3 is 2.68 bits per heavy atom. The summed E-state index contributed by atoms with van der Waals surface area (Å²) in [4.78, 5) is 15.7. The zero-order valence-electron chi connectivity index (χ0n) is 10.2. The molecule has 0 saturated heterocycles. The highest BCUT2D eigenvalue weighted by atomic mass is 35.5. The van der Waals surface area contributed by atoms with Crippen molar-refractivity contribution in [3.63, 3.8) is 0 Å². The Labute approximate surface area is 116 Å². The van der Waals surface area contributed by atoms with Crippen molar-refractivity contribution in [2.75, 3.05) is 0 Å². The molecule has 0 aliphatic rings. The van der Waals surface area contributed by atoms with Crippen LogP contribution in [0.2, 0.25) is 5.02 Å². The molecule has 0 aliphatic carbocycles. The molecule has 3 nitrogen and oxygen atoms in total. The summed E-state index contributed by atoms with van der Waals surface area (Å²) >= 11 is 5.78. The van der Waals surface area contributed by atoms with E-state index in [1.165, 1.54) is 6.08 Å². The van der Waals surface area contributed by atoms with Crippen LogP contribution in [-0.4, -0.2) is 10.9 Å². The number of carbonyl (C=O) groups is 1. The molecular formula is C15H13ClN2O. The van der Waals surface area contributed by atoms with Crippen LogP contribution in [0.4, 0.5) is 0 Å². The van der Waals surface area contributed by atoms with Gasteiger partial charge in [-0.1, -0.05) is 29.8 Å². The monoisotopic (exact) mass is 272 g/mol. The van der Waals surface area contributed by atoms with Gasteiger partial charge in [-0.25, -0.2) is 0 Å². The van der Waals surface area contributed by atoms with Gasteiger partial charge in [-0.15, -0.1) is 0 Å². The van der Waals surface area contributed by atoms with Gasteiger partial charge in [0.25, 0.3) is 0 Å². The minimum absolute atomic E-state index is 0.152. The van der Waals surface area contributed by atoms with Gasteiger partial charge in [-0.3, -0.25) is 9.78 Å². The fraction of sp³-hybridized carbons (Fsp3) is 0.0667. The maximum Gasteiger partial charge on any atom is 0.244 e. The van der Waals surface area contributed by atoms with Crippen LogP contribution in [0, 0.1) is 0 Å². The first-order valence-electron chi connectivity index (χ1n) is 5.85. The predicted molar refractivity (Wildman–Crippen MR) is 76.6 cm³/mol. The second-order valence-corrected chi connectivity index (χ2v) is 4.36. The average Bonchev–Trinajstić information content (AvgIpc) is 2.45. The summed E-state index contributed by atoms with van der Waals surface area (Å²) in [6, 6.07) is 12.9. The van der Waals surface area contributed by atoms with Crippen molar-refractivity contribution in [2.45, 2.75) is 6.54 Å². The molecule has 19 heavy (non-hydrogen) atoms. The number of benzene rings is 1. The van der Waals surface area contributed by atoms with Crippen LogP contribution in [0.3, 0.4) is 0 Å². The maximum absolute atomic E-state index is 11.6. The van der Waals surface area contributed by atoms with Gasteiger partial charge in [0, 0.05) is 17.3 Å². The molecule has 0 unspecified atom stereocenters. The molecule has 0 aliphatic heterocycles. The Kier molecular flexibility index (Phi) is 4.70. The first kappa shape index (κ1) is 13.3. The molecule has 2 rings (SSSR count). The van der Waals surface area contributed by atoms with Crippen LogP contribution in [0.25, 0.3) is 6.08 Å². The number of pyridine rings is 1. The van der Waals surface area contributed by atoms with Crippen molar-refractivity contribution in [1.82, 2.24) is 10.3 Å². The number of hydrogen-bond donors (Lipinski definition) is 1. The lowest BCUT2D eigenvalue weighted by Gasteiger charge is -2.01. The van der Waals surface area contributed by atoms with E-state index in [1.54, 1.807) is 24.4 Å². The number of nitrogens with zero attached hydrogens (tertiary/aromatic N) is 1. The van der Waals surface area contributed by atoms with Crippen LogP contribution in [0.15, 0.2) is 54.7 Å². The van der Waals surface area contributed by atoms with E-state index in [0.29, 0.717) is 11.6 Å². The van der Waals surface area contributed by atoms with Crippen LogP contribution >= 0.6 is 11.6 Å². The van der Waals surface area contributed by atoms with Crippen LogP contribution in [-0.2, 0) is 11.3 Å². The Morgan fingerprint density at radius 1 is 1.21 bits per heavy atom. The van der Waals surface area contributed by atoms with Crippen molar-refractivity contribution in [3.8, 4) is 0 Å². The third-order valence-electron chi connectivity index (χ3n) is 2.47. The Bertz CT molecular complexity index is 564. The normalized spacial score (nSPS) is 10.6. The molecule has 0 atom stereocenters. The summed E-state index contributed by atoms with van der Waals surface area (Å²) in [5, 5.41) is 3.44. The molecule has 2 aromatic rings. The molecule has 1 heterocycles. The van der Waals surface area contributed by atoms with E-state index in [-0.39, 0.29) is 5.91 Å². The summed E-state index contributed by atoms with van der Waals surface area (Å²) < 4.78 is 0. The molecule has 1 N–H and O–H groups in total. The number of rotatable bonds is 4. The topological polar surface area (TPSA) is 42.0 Å². The summed E-state index contributed by atoms with van der Waals surface area (Å²) in [5.74, 6) is -0.152. The highest BCUT2D eigenvalue weighted by Gasteiger charge is 1.97. The molecule has 0 radical (unpaired) electrons. The predicted octanol–water partition coefficient (Wildman–Crippen LogP) is 3.06. The number of amides is 1. The minimum atomic E-state index is -0.152. The lowest BCUT2D eigenvalue weighted by molar-refractivity contribution is -0.116. The number of carbonyl (C=O) groups excluding carboxylic acids is 1. The summed E-state index contributed by atoms with van der Waals surface area (Å²) in [7, 11) is 0. The van der Waals surface area contributed by atoms with E-state index in [9.17, 15) is 4.79 Å². The number of halogens is 1. The van der Waals surface area contributed by atoms with Gasteiger partial charge in [0.15, 0.2) is 0 Å². The van der Waals surface area contributed by atoms with Gasteiger partial charge in [0.2, 0.25) is 5.91 Å². The fourth-order valence-electron chi connectivity index (χ4n) is 1.49. The van der Waals surface area contributed by atoms with Gasteiger partial charge >= 0.3 is 0 Å². The maximum atomic E-state index is 11.6. The molecule has 96 valence electrons. The van der Waals surface area contributed by atoms with Crippen LogP contribution < -0.4 is 5.32 Å². The zero-order valence-corrected chi connectivity index (χ0v) is 11.0. The average molecular weight is 273 g/mol. The van der Waals surface area contributed by atoms with Gasteiger partial charge in [-0.05, 0) is 35.9 Å². The van der Waals surface area contributed by atoms with Gasteiger partial charge in [0.1, 0.15) is 0 Å². The molecule has 0 bridgehead atoms. The fourth-order valence-corrected chi connectivity index (χ4v) is 1.61. The number of hydrogen-bond acceptors (Lipinski definition) is 2. The molecule has 1 aromatic carbocycles. The first-order valence-corrected chi connectivity index (χ1v) is 6.23. The first-order chi connectivity index (χ1) is 9.24. The number of aromatic nitrogens is 1. The molecule has 4 heteroatoms. The van der Waals surface area contributed by atoms with E-state index < -0.39 is 0 Å². The van der Waals surface area contributed by atoms with E-state index in [2.05, 4.69) is 10.3 Å². The minimum Gasteiger partial charge on any atom is -0.347 e. The lowest BCUT2D eigenvalue weighted by atomic mass is 10.2. The van der Waals surface area contributed by atoms with Gasteiger partial charge in [0.05, 0.1) is 12.2 Å². The Morgan fingerprint density at radius 2 is 2.00 bits per heavy atom. The highest BCUT2D eigenvalue weighted by Crippen LogP contribution is 2.10. The Hall–Kier alpha value is -2.13. The van der Waals surface area contributed by atoms with Crippen molar-refractivity contribution < 1.29 is 4.79 Å². The summed E-state index contributed by atoms with van der Waals surface area (Å²) in [6.07, 6.45) is 4.93. The largest absolute Gasteiger partial charge is 0.347 e. The van der Waals surface area contributed by atoms with E-state index in [0.717, 1.165) is 11.3 Å². The molecular weight excluding hydrogens is 260 g/mol. The van der Waals surface area contributed by atoms with Crippen molar-refractivity contribution in [1.29, 1.82) is 0 Å². The molecule has 1 amide bonds. The van der Waals surface area contributed by atoms with Crippen LogP contribution in [0.1, 0.15) is 11.3 Å². The van der Waals surface area contributed by atoms with E-state index in [4.69, 9.17) is 11.6 Å². The van der Waals surface area contributed by atoms with Gasteiger partial charge < -0.3 is 5.32 Å². The van der Waals surface area contributed by atoms with Crippen molar-refractivity contribution >= 4 is 23.6 Å². The van der Waals surface area contributed by atoms with Gasteiger partial charge in [-0.2, -0.15) is 0 Å². The smallest absolute Gasteiger partial charge is 0.244 e. The van der Waals surface area contributed by atoms with E-state index >= 15 is 0 Å². The second kappa shape index (κ2) is 6.71. The highest BCUT2D eigenvalue weighted by molar-refractivity contribution is 6.30. The number of nitrogens with one attached hydrogen (secondary N) is 1. The van der Waals surface area contributed by atoms with Crippen LogP contribution in [0.5, 0.6) is 0 Å². The van der Waals surface area contributed by atoms with Crippen molar-refractivity contribution in [3.05, 3.63) is 71.0 Å². The molecule has 0 saturated carbocycles.